The van der Waals surface area contributed by atoms with Crippen LogP contribution in [0.15, 0.2) is 97.1 Å². The Bertz CT molecular complexity index is 2270. The molecule has 2 aliphatic rings. The minimum absolute atomic E-state index is 0.0266. The topological polar surface area (TPSA) is 169 Å². The minimum atomic E-state index is -2.36. The number of fused-ring (bicyclic) bond motifs is 2. The van der Waals surface area contributed by atoms with Crippen molar-refractivity contribution in [2.24, 2.45) is 0 Å². The molecule has 0 bridgehead atoms. The summed E-state index contributed by atoms with van der Waals surface area (Å²) in [5, 5.41) is 78.6. The number of halogens is 2. The molecular formula is C42H40F2O10S2. The largest absolute Gasteiger partial charge is 0.394 e. The van der Waals surface area contributed by atoms with Crippen molar-refractivity contribution in [2.75, 3.05) is 13.2 Å². The summed E-state index contributed by atoms with van der Waals surface area (Å²) in [5.74, 6) is -3.41. The molecule has 4 heterocycles. The van der Waals surface area contributed by atoms with E-state index < -0.39 is 85.6 Å². The highest BCUT2D eigenvalue weighted by atomic mass is 32.1. The van der Waals surface area contributed by atoms with Gasteiger partial charge >= 0.3 is 0 Å². The van der Waals surface area contributed by atoms with E-state index >= 15 is 8.78 Å². The van der Waals surface area contributed by atoms with Crippen LogP contribution in [0.25, 0.3) is 20.2 Å². The molecule has 4 aromatic carbocycles. The van der Waals surface area contributed by atoms with Crippen LogP contribution in [0.2, 0.25) is 0 Å². The second-order valence-electron chi connectivity index (χ2n) is 14.3. The van der Waals surface area contributed by atoms with Crippen molar-refractivity contribution in [2.45, 2.75) is 73.6 Å². The van der Waals surface area contributed by atoms with Crippen molar-refractivity contribution in [3.05, 3.63) is 141 Å². The number of thiophene rings is 2. The molecule has 10 nitrogen and oxygen atoms in total. The van der Waals surface area contributed by atoms with Crippen LogP contribution in [0.3, 0.4) is 0 Å². The fourth-order valence-corrected chi connectivity index (χ4v) is 9.78. The van der Waals surface area contributed by atoms with Crippen LogP contribution in [-0.4, -0.2) is 97.8 Å². The lowest BCUT2D eigenvalue weighted by Gasteiger charge is -2.49. The average Bonchev–Trinajstić information content (AvgIpc) is 3.81. The molecule has 2 fully saturated rings. The lowest BCUT2D eigenvalue weighted by molar-refractivity contribution is -0.381. The van der Waals surface area contributed by atoms with Crippen molar-refractivity contribution in [3.63, 3.8) is 0 Å². The Morgan fingerprint density at radius 2 is 1.20 bits per heavy atom. The highest BCUT2D eigenvalue weighted by molar-refractivity contribution is 7.19. The minimum Gasteiger partial charge on any atom is -0.394 e. The number of benzene rings is 4. The maximum Gasteiger partial charge on any atom is 0.225 e. The molecule has 56 heavy (non-hydrogen) atoms. The van der Waals surface area contributed by atoms with Crippen LogP contribution in [0.5, 0.6) is 0 Å². The summed E-state index contributed by atoms with van der Waals surface area (Å²) >= 11 is 3.01. The SMILES string of the molecule is OC[C@H]1O[C@@](OC[C@H]2O[C@@H](c3ccc(F)c(Cc4cc5ccccc5s4)c3)[C@H](O)[C@@H](O)[C@@H]2O)(c2ccc(F)c(Cc3cc4ccccc4s3)c2)[C@H](O)[C@@H](O)[C@@H]1O. The number of ether oxygens (including phenoxy) is 3. The molecule has 8 rings (SSSR count). The summed E-state index contributed by atoms with van der Waals surface area (Å²) in [7, 11) is 0. The first-order chi connectivity index (χ1) is 26.9. The van der Waals surface area contributed by atoms with Gasteiger partial charge in [0.25, 0.3) is 0 Å². The van der Waals surface area contributed by atoms with Gasteiger partial charge in [-0.1, -0.05) is 48.5 Å². The quantitative estimate of drug-likeness (QED) is 0.105. The molecule has 0 spiro atoms. The summed E-state index contributed by atoms with van der Waals surface area (Å²) in [5.41, 5.74) is 0.863. The monoisotopic (exact) mass is 806 g/mol. The zero-order valence-electron chi connectivity index (χ0n) is 29.7. The summed E-state index contributed by atoms with van der Waals surface area (Å²) in [6.45, 7) is -1.44. The Balaban J connectivity index is 1.09. The van der Waals surface area contributed by atoms with Crippen molar-refractivity contribution < 1.29 is 58.7 Å². The van der Waals surface area contributed by atoms with E-state index in [1.165, 1.54) is 53.0 Å². The Labute approximate surface area is 328 Å². The van der Waals surface area contributed by atoms with Crippen molar-refractivity contribution in [1.29, 1.82) is 0 Å². The molecule has 0 unspecified atom stereocenters. The number of hydrogen-bond acceptors (Lipinski definition) is 12. The second kappa shape index (κ2) is 15.9. The summed E-state index contributed by atoms with van der Waals surface area (Å²) in [4.78, 5) is 1.75. The first kappa shape index (κ1) is 39.1. The molecular weight excluding hydrogens is 767 g/mol. The molecule has 0 amide bonds. The van der Waals surface area contributed by atoms with E-state index in [-0.39, 0.29) is 24.0 Å². The molecule has 2 aliphatic heterocycles. The van der Waals surface area contributed by atoms with E-state index in [2.05, 4.69) is 0 Å². The van der Waals surface area contributed by atoms with E-state index in [0.717, 1.165) is 36.0 Å². The highest BCUT2D eigenvalue weighted by Gasteiger charge is 2.56. The highest BCUT2D eigenvalue weighted by Crippen LogP contribution is 2.42. The standard InChI is InChI=1S/C42H40F2O10S2/c43-29-11-9-23(13-24(29)17-27-15-21-5-1-3-7-33(21)55-27)40-38(49)37(48)36(47)32(53-40)20-52-42(41(51)39(50)35(46)31(19-45)54-42)26-10-12-30(44)25(14-26)18-28-16-22-6-2-4-8-34(22)56-28/h1-16,31-32,35-41,45-51H,17-20H2/t31-,32-,35-,36-,37+,38-,39+,40+,41-,42+/m1/s1. The third-order valence-corrected chi connectivity index (χ3v) is 12.9. The van der Waals surface area contributed by atoms with Crippen molar-refractivity contribution >= 4 is 42.8 Å². The molecule has 0 saturated carbocycles. The van der Waals surface area contributed by atoms with Gasteiger partial charge in [0, 0.05) is 37.6 Å². The molecule has 0 aliphatic carbocycles. The normalized spacial score (nSPS) is 29.6. The Kier molecular flexibility index (Phi) is 11.1. The number of rotatable bonds is 10. The fraction of sp³-hybridized carbons (Fsp3) is 0.333. The van der Waals surface area contributed by atoms with E-state index in [9.17, 15) is 35.7 Å². The number of hydrogen-bond donors (Lipinski definition) is 7. The first-order valence-corrected chi connectivity index (χ1v) is 19.8. The van der Waals surface area contributed by atoms with Gasteiger partial charge in [-0.2, -0.15) is 0 Å². The average molecular weight is 807 g/mol. The van der Waals surface area contributed by atoms with Gasteiger partial charge in [0.05, 0.1) is 13.2 Å². The predicted octanol–water partition coefficient (Wildman–Crippen LogP) is 4.44. The van der Waals surface area contributed by atoms with Crippen LogP contribution < -0.4 is 0 Å². The van der Waals surface area contributed by atoms with Gasteiger partial charge in [0.15, 0.2) is 0 Å². The summed E-state index contributed by atoms with van der Waals surface area (Å²) in [6, 6.07) is 27.5. The van der Waals surface area contributed by atoms with Crippen LogP contribution in [0.1, 0.15) is 38.1 Å². The lowest BCUT2D eigenvalue weighted by Crippen LogP contribution is -2.65. The number of aliphatic hydroxyl groups is 7. The fourth-order valence-electron chi connectivity index (χ4n) is 7.61. The van der Waals surface area contributed by atoms with Gasteiger partial charge in [-0.25, -0.2) is 8.78 Å². The zero-order chi connectivity index (χ0) is 39.3. The molecule has 2 aromatic heterocycles. The van der Waals surface area contributed by atoms with Crippen LogP contribution >= 0.6 is 22.7 Å². The molecule has 0 radical (unpaired) electrons. The maximum absolute atomic E-state index is 15.4. The number of aliphatic hydroxyl groups excluding tert-OH is 7. The summed E-state index contributed by atoms with van der Waals surface area (Å²) in [6.07, 6.45) is -14.5. The molecule has 10 atom stereocenters. The maximum atomic E-state index is 15.4. The molecule has 14 heteroatoms. The van der Waals surface area contributed by atoms with Gasteiger partial charge in [0.1, 0.15) is 66.6 Å². The Morgan fingerprint density at radius 3 is 1.80 bits per heavy atom. The van der Waals surface area contributed by atoms with Crippen molar-refractivity contribution in [1.82, 2.24) is 0 Å². The molecule has 6 aromatic rings. The van der Waals surface area contributed by atoms with Crippen LogP contribution in [0.4, 0.5) is 8.78 Å². The van der Waals surface area contributed by atoms with Gasteiger partial charge in [0.2, 0.25) is 5.79 Å². The Hall–Kier alpha value is -3.74. The molecule has 294 valence electrons. The van der Waals surface area contributed by atoms with Gasteiger partial charge in [-0.3, -0.25) is 0 Å². The van der Waals surface area contributed by atoms with E-state index in [1.807, 2.05) is 60.7 Å². The predicted molar refractivity (Wildman–Crippen MR) is 205 cm³/mol. The van der Waals surface area contributed by atoms with E-state index in [0.29, 0.717) is 11.1 Å². The third-order valence-electron chi connectivity index (χ3n) is 10.7. The Morgan fingerprint density at radius 1 is 0.625 bits per heavy atom. The van der Waals surface area contributed by atoms with Crippen molar-refractivity contribution in [3.8, 4) is 0 Å². The van der Waals surface area contributed by atoms with Gasteiger partial charge < -0.3 is 50.0 Å². The zero-order valence-corrected chi connectivity index (χ0v) is 31.3. The summed E-state index contributed by atoms with van der Waals surface area (Å²) < 4.78 is 51.1. The first-order valence-electron chi connectivity index (χ1n) is 18.1. The van der Waals surface area contributed by atoms with Crippen LogP contribution in [0, 0.1) is 11.6 Å². The lowest BCUT2D eigenvalue weighted by atomic mass is 9.86. The third kappa shape index (κ3) is 7.30. The van der Waals surface area contributed by atoms with E-state index in [1.54, 1.807) is 0 Å². The van der Waals surface area contributed by atoms with Gasteiger partial charge in [-0.15, -0.1) is 22.7 Å². The molecule has 2 saturated heterocycles. The van der Waals surface area contributed by atoms with E-state index in [4.69, 9.17) is 14.2 Å². The molecule has 7 N–H and O–H groups in total. The second-order valence-corrected chi connectivity index (χ2v) is 16.7. The van der Waals surface area contributed by atoms with Gasteiger partial charge in [-0.05, 0) is 76.0 Å². The van der Waals surface area contributed by atoms with Crippen LogP contribution in [-0.2, 0) is 32.8 Å². The smallest absolute Gasteiger partial charge is 0.225 e.